The Kier molecular flexibility index (Phi) is 5.09. The summed E-state index contributed by atoms with van der Waals surface area (Å²) in [6, 6.07) is 11.1. The van der Waals surface area contributed by atoms with Gasteiger partial charge in [-0.3, -0.25) is 9.72 Å². The molecule has 1 amide bonds. The summed E-state index contributed by atoms with van der Waals surface area (Å²) in [6.45, 7) is 2.20. The molecule has 0 aliphatic rings. The van der Waals surface area contributed by atoms with Gasteiger partial charge in [-0.25, -0.2) is 9.78 Å². The van der Waals surface area contributed by atoms with Crippen molar-refractivity contribution in [3.05, 3.63) is 59.5 Å². The molecule has 0 saturated carbocycles. The first kappa shape index (κ1) is 17.4. The average Bonchev–Trinajstić information content (AvgIpc) is 2.97. The van der Waals surface area contributed by atoms with Crippen molar-refractivity contribution >= 4 is 17.4 Å². The summed E-state index contributed by atoms with van der Waals surface area (Å²) in [4.78, 5) is 16.1. The van der Waals surface area contributed by atoms with E-state index in [-0.39, 0.29) is 6.61 Å². The maximum Gasteiger partial charge on any atom is 0.411 e. The molecule has 0 spiro atoms. The summed E-state index contributed by atoms with van der Waals surface area (Å²) in [6.07, 6.45) is 7.35. The number of ether oxygens (including phenoxy) is 2. The first-order valence-electron chi connectivity index (χ1n) is 8.09. The Hall–Kier alpha value is -3.46. The van der Waals surface area contributed by atoms with E-state index in [0.717, 1.165) is 17.0 Å². The monoisotopic (exact) mass is 349 g/mol. The molecule has 3 aromatic rings. The molecular formula is C20H19N3O3. The van der Waals surface area contributed by atoms with Gasteiger partial charge in [0.2, 0.25) is 0 Å². The minimum Gasteiger partial charge on any atom is -0.485 e. The molecule has 0 fully saturated rings. The Morgan fingerprint density at radius 3 is 2.88 bits per heavy atom. The Morgan fingerprint density at radius 2 is 2.12 bits per heavy atom. The van der Waals surface area contributed by atoms with Crippen molar-refractivity contribution in [1.29, 1.82) is 0 Å². The fourth-order valence-electron chi connectivity index (χ4n) is 2.71. The predicted molar refractivity (Wildman–Crippen MR) is 99.3 cm³/mol. The number of benzene rings is 1. The molecular weight excluding hydrogens is 330 g/mol. The van der Waals surface area contributed by atoms with Crippen LogP contribution in [-0.4, -0.2) is 22.6 Å². The number of imidazole rings is 1. The van der Waals surface area contributed by atoms with Crippen LogP contribution < -0.4 is 10.1 Å². The van der Waals surface area contributed by atoms with Crippen LogP contribution in [0.1, 0.15) is 17.0 Å². The van der Waals surface area contributed by atoms with E-state index in [1.165, 1.54) is 7.11 Å². The number of nitrogens with one attached hydrogen (secondary N) is 1. The lowest BCUT2D eigenvalue weighted by Gasteiger charge is -2.12. The number of terminal acetylenes is 1. The van der Waals surface area contributed by atoms with E-state index in [2.05, 4.69) is 21.0 Å². The van der Waals surface area contributed by atoms with Crippen molar-refractivity contribution < 1.29 is 14.3 Å². The summed E-state index contributed by atoms with van der Waals surface area (Å²) in [5.41, 5.74) is 4.03. The maximum absolute atomic E-state index is 11.5. The number of fused-ring (bicyclic) bond motifs is 1. The van der Waals surface area contributed by atoms with E-state index >= 15 is 0 Å². The number of carbonyl (C=O) groups excluding carboxylic acids is 1. The number of aryl methyl sites for hydroxylation is 1. The maximum atomic E-state index is 11.5. The fourth-order valence-corrected chi connectivity index (χ4v) is 2.71. The molecule has 26 heavy (non-hydrogen) atoms. The molecule has 0 atom stereocenters. The van der Waals surface area contributed by atoms with Gasteiger partial charge in [-0.2, -0.15) is 0 Å². The highest BCUT2D eigenvalue weighted by molar-refractivity contribution is 5.85. The standard InChI is InChI=1S/C20H19N3O3/c1-4-8-17-14(2)21-19-18(11-7-12-23(17)19)26-13-15-9-5-6-10-16(15)22-20(24)25-3/h1,5-7,9-12H,8,13H2,2-3H3,(H,22,24). The van der Waals surface area contributed by atoms with Gasteiger partial charge in [0.25, 0.3) is 0 Å². The van der Waals surface area contributed by atoms with Crippen LogP contribution in [0, 0.1) is 19.3 Å². The topological polar surface area (TPSA) is 64.9 Å². The normalized spacial score (nSPS) is 10.3. The van der Waals surface area contributed by atoms with Gasteiger partial charge in [0.1, 0.15) is 6.61 Å². The van der Waals surface area contributed by atoms with Crippen LogP contribution in [0.2, 0.25) is 0 Å². The van der Waals surface area contributed by atoms with Crippen LogP contribution in [0.3, 0.4) is 0 Å². The zero-order valence-electron chi connectivity index (χ0n) is 14.7. The van der Waals surface area contributed by atoms with E-state index in [4.69, 9.17) is 11.2 Å². The zero-order chi connectivity index (χ0) is 18.5. The van der Waals surface area contributed by atoms with Gasteiger partial charge in [-0.1, -0.05) is 18.2 Å². The third kappa shape index (κ3) is 3.47. The Balaban J connectivity index is 1.86. The highest BCUT2D eigenvalue weighted by atomic mass is 16.5. The summed E-state index contributed by atoms with van der Waals surface area (Å²) in [7, 11) is 1.32. The van der Waals surface area contributed by atoms with Gasteiger partial charge in [-0.15, -0.1) is 12.3 Å². The molecule has 0 aliphatic heterocycles. The number of carbonyl (C=O) groups is 1. The molecule has 1 aromatic carbocycles. The molecule has 0 aliphatic carbocycles. The van der Waals surface area contributed by atoms with E-state index in [1.54, 1.807) is 6.07 Å². The number of methoxy groups -OCH3 is 1. The summed E-state index contributed by atoms with van der Waals surface area (Å²) in [5.74, 6) is 3.30. The number of hydrogen-bond donors (Lipinski definition) is 1. The fraction of sp³-hybridized carbons (Fsp3) is 0.200. The molecule has 0 unspecified atom stereocenters. The molecule has 6 nitrogen and oxygen atoms in total. The summed E-state index contributed by atoms with van der Waals surface area (Å²) >= 11 is 0. The molecule has 2 heterocycles. The molecule has 0 saturated heterocycles. The molecule has 132 valence electrons. The van der Waals surface area contributed by atoms with Crippen LogP contribution in [0.25, 0.3) is 5.65 Å². The lowest BCUT2D eigenvalue weighted by molar-refractivity contribution is 0.187. The summed E-state index contributed by atoms with van der Waals surface area (Å²) < 4.78 is 12.6. The second kappa shape index (κ2) is 7.62. The molecule has 6 heteroatoms. The predicted octanol–water partition coefficient (Wildman–Crippen LogP) is 3.58. The van der Waals surface area contributed by atoms with E-state index < -0.39 is 6.09 Å². The van der Waals surface area contributed by atoms with Crippen LogP contribution >= 0.6 is 0 Å². The van der Waals surface area contributed by atoms with Crippen molar-refractivity contribution in [3.63, 3.8) is 0 Å². The first-order valence-corrected chi connectivity index (χ1v) is 8.09. The number of rotatable bonds is 5. The minimum absolute atomic E-state index is 0.274. The number of nitrogens with zero attached hydrogens (tertiary/aromatic N) is 2. The Morgan fingerprint density at radius 1 is 1.31 bits per heavy atom. The summed E-state index contributed by atoms with van der Waals surface area (Å²) in [5, 5.41) is 2.68. The number of pyridine rings is 1. The number of para-hydroxylation sites is 1. The van der Waals surface area contributed by atoms with E-state index in [9.17, 15) is 4.79 Å². The molecule has 1 N–H and O–H groups in total. The van der Waals surface area contributed by atoms with Gasteiger partial charge in [0.05, 0.1) is 30.6 Å². The van der Waals surface area contributed by atoms with Gasteiger partial charge in [-0.05, 0) is 25.1 Å². The number of hydrogen-bond acceptors (Lipinski definition) is 4. The van der Waals surface area contributed by atoms with Crippen molar-refractivity contribution in [1.82, 2.24) is 9.38 Å². The van der Waals surface area contributed by atoms with Crippen LogP contribution in [0.5, 0.6) is 5.75 Å². The van der Waals surface area contributed by atoms with Crippen LogP contribution in [0.15, 0.2) is 42.6 Å². The lowest BCUT2D eigenvalue weighted by Crippen LogP contribution is -2.13. The van der Waals surface area contributed by atoms with Gasteiger partial charge < -0.3 is 9.47 Å². The van der Waals surface area contributed by atoms with Crippen molar-refractivity contribution in [2.45, 2.75) is 20.0 Å². The van der Waals surface area contributed by atoms with Crippen molar-refractivity contribution in [3.8, 4) is 18.1 Å². The van der Waals surface area contributed by atoms with Gasteiger partial charge >= 0.3 is 6.09 Å². The highest BCUT2D eigenvalue weighted by Gasteiger charge is 2.13. The largest absolute Gasteiger partial charge is 0.485 e. The quantitative estimate of drug-likeness (QED) is 0.715. The van der Waals surface area contributed by atoms with Crippen molar-refractivity contribution in [2.24, 2.45) is 0 Å². The highest BCUT2D eigenvalue weighted by Crippen LogP contribution is 2.24. The van der Waals surface area contributed by atoms with Gasteiger partial charge in [0, 0.05) is 11.8 Å². The number of aromatic nitrogens is 2. The zero-order valence-corrected chi connectivity index (χ0v) is 14.7. The van der Waals surface area contributed by atoms with E-state index in [1.807, 2.05) is 47.9 Å². The Labute approximate surface area is 151 Å². The first-order chi connectivity index (χ1) is 12.6. The lowest BCUT2D eigenvalue weighted by atomic mass is 10.2. The smallest absolute Gasteiger partial charge is 0.411 e. The minimum atomic E-state index is -0.526. The molecule has 0 bridgehead atoms. The average molecular weight is 349 g/mol. The van der Waals surface area contributed by atoms with E-state index in [0.29, 0.717) is 23.5 Å². The number of anilines is 1. The van der Waals surface area contributed by atoms with Crippen LogP contribution in [-0.2, 0) is 17.8 Å². The van der Waals surface area contributed by atoms with Gasteiger partial charge in [0.15, 0.2) is 11.4 Å². The molecule has 0 radical (unpaired) electrons. The molecule has 3 rings (SSSR count). The second-order valence-corrected chi connectivity index (χ2v) is 5.65. The van der Waals surface area contributed by atoms with Crippen molar-refractivity contribution in [2.75, 3.05) is 12.4 Å². The third-order valence-electron chi connectivity index (χ3n) is 4.01. The van der Waals surface area contributed by atoms with Crippen LogP contribution in [0.4, 0.5) is 10.5 Å². The Bertz CT molecular complexity index is 986. The third-order valence-corrected chi connectivity index (χ3v) is 4.01. The second-order valence-electron chi connectivity index (χ2n) is 5.65. The number of amides is 1. The SMILES string of the molecule is C#CCc1c(C)nc2c(OCc3ccccc3NC(=O)OC)cccn12. The molecule has 2 aromatic heterocycles.